The van der Waals surface area contributed by atoms with Crippen LogP contribution in [0.25, 0.3) is 0 Å². The summed E-state index contributed by atoms with van der Waals surface area (Å²) >= 11 is 0. The van der Waals surface area contributed by atoms with Crippen molar-refractivity contribution in [2.24, 2.45) is 0 Å². The van der Waals surface area contributed by atoms with Crippen LogP contribution in [-0.2, 0) is 13.1 Å². The first kappa shape index (κ1) is 24.5. The van der Waals surface area contributed by atoms with Gasteiger partial charge in [-0.3, -0.25) is 9.80 Å². The summed E-state index contributed by atoms with van der Waals surface area (Å²) in [6.45, 7) is 10.4. The Balaban J connectivity index is 1.49. The molecule has 2 aromatic rings. The molecule has 6 heteroatoms. The summed E-state index contributed by atoms with van der Waals surface area (Å²) in [5, 5.41) is 10.5. The number of aliphatic hydroxyl groups excluding tert-OH is 1. The van der Waals surface area contributed by atoms with Gasteiger partial charge in [-0.15, -0.1) is 0 Å². The summed E-state index contributed by atoms with van der Waals surface area (Å²) < 4.78 is 11.5. The van der Waals surface area contributed by atoms with Crippen molar-refractivity contribution >= 4 is 0 Å². The summed E-state index contributed by atoms with van der Waals surface area (Å²) in [6, 6.07) is 16.4. The first-order valence-corrected chi connectivity index (χ1v) is 11.7. The lowest BCUT2D eigenvalue weighted by atomic mass is 10.1. The molecule has 6 nitrogen and oxygen atoms in total. The number of hydrogen-bond acceptors (Lipinski definition) is 6. The average Bonchev–Trinajstić information content (AvgIpc) is 2.80. The number of benzene rings is 2. The van der Waals surface area contributed by atoms with E-state index in [9.17, 15) is 5.11 Å². The lowest BCUT2D eigenvalue weighted by molar-refractivity contribution is 0.0731. The second-order valence-corrected chi connectivity index (χ2v) is 8.75. The molecule has 1 heterocycles. The van der Waals surface area contributed by atoms with Crippen LogP contribution in [0, 0.1) is 0 Å². The molecule has 0 aromatic heterocycles. The van der Waals surface area contributed by atoms with Gasteiger partial charge in [0.1, 0.15) is 12.7 Å². The van der Waals surface area contributed by atoms with Crippen LogP contribution in [0.4, 0.5) is 0 Å². The molecule has 1 atom stereocenters. The van der Waals surface area contributed by atoms with E-state index in [2.05, 4.69) is 45.9 Å². The number of piperazine rings is 1. The molecule has 0 amide bonds. The van der Waals surface area contributed by atoms with Crippen LogP contribution >= 0.6 is 0 Å². The number of nitrogens with zero attached hydrogens (tertiary/aromatic N) is 3. The molecular weight excluding hydrogens is 402 g/mol. The van der Waals surface area contributed by atoms with Crippen molar-refractivity contribution < 1.29 is 14.6 Å². The van der Waals surface area contributed by atoms with Crippen molar-refractivity contribution in [2.45, 2.75) is 32.5 Å². The minimum absolute atomic E-state index is 0.231. The molecule has 1 aliphatic heterocycles. The van der Waals surface area contributed by atoms with Crippen LogP contribution in [0.15, 0.2) is 48.5 Å². The third-order valence-electron chi connectivity index (χ3n) is 5.89. The number of likely N-dealkylation sites (N-methyl/N-ethyl adjacent to an activating group) is 1. The molecule has 1 N–H and O–H groups in total. The van der Waals surface area contributed by atoms with E-state index in [-0.39, 0.29) is 6.61 Å². The van der Waals surface area contributed by atoms with E-state index in [4.69, 9.17) is 9.47 Å². The SMILES string of the molecule is CCCN1CCN(Cc2ccc(OC)c(OCC(O)CN(C)Cc3ccccc3)c2)CC1. The summed E-state index contributed by atoms with van der Waals surface area (Å²) in [4.78, 5) is 7.13. The molecule has 0 radical (unpaired) electrons. The van der Waals surface area contributed by atoms with Crippen molar-refractivity contribution in [3.05, 3.63) is 59.7 Å². The van der Waals surface area contributed by atoms with Crippen LogP contribution in [-0.4, -0.2) is 85.9 Å². The standard InChI is InChI=1S/C26H39N3O3/c1-4-12-28-13-15-29(16-14-28)19-23-10-11-25(31-3)26(17-23)32-21-24(30)20-27(2)18-22-8-6-5-7-9-22/h5-11,17,24,30H,4,12-16,18-21H2,1-3H3. The predicted molar refractivity (Wildman–Crippen MR) is 129 cm³/mol. The van der Waals surface area contributed by atoms with Gasteiger partial charge >= 0.3 is 0 Å². The van der Waals surface area contributed by atoms with E-state index < -0.39 is 6.10 Å². The smallest absolute Gasteiger partial charge is 0.161 e. The average molecular weight is 442 g/mol. The Hall–Kier alpha value is -2.12. The van der Waals surface area contributed by atoms with E-state index in [0.29, 0.717) is 18.0 Å². The van der Waals surface area contributed by atoms with Gasteiger partial charge in [-0.1, -0.05) is 43.3 Å². The Kier molecular flexibility index (Phi) is 9.81. The highest BCUT2D eigenvalue weighted by molar-refractivity contribution is 5.43. The van der Waals surface area contributed by atoms with E-state index in [1.54, 1.807) is 7.11 Å². The van der Waals surface area contributed by atoms with Gasteiger partial charge in [-0.25, -0.2) is 0 Å². The minimum atomic E-state index is -0.580. The van der Waals surface area contributed by atoms with Crippen LogP contribution in [0.2, 0.25) is 0 Å². The third kappa shape index (κ3) is 7.78. The second kappa shape index (κ2) is 12.8. The van der Waals surface area contributed by atoms with Gasteiger partial charge < -0.3 is 19.5 Å². The Morgan fingerprint density at radius 2 is 1.69 bits per heavy atom. The molecule has 1 saturated heterocycles. The van der Waals surface area contributed by atoms with Crippen molar-refractivity contribution in [3.63, 3.8) is 0 Å². The van der Waals surface area contributed by atoms with Crippen LogP contribution < -0.4 is 9.47 Å². The van der Waals surface area contributed by atoms with E-state index in [0.717, 1.165) is 39.3 Å². The van der Waals surface area contributed by atoms with Gasteiger partial charge in [0.25, 0.3) is 0 Å². The third-order valence-corrected chi connectivity index (χ3v) is 5.89. The molecule has 1 aliphatic rings. The van der Waals surface area contributed by atoms with Crippen molar-refractivity contribution in [1.82, 2.24) is 14.7 Å². The van der Waals surface area contributed by atoms with E-state index in [1.165, 1.54) is 24.1 Å². The topological polar surface area (TPSA) is 48.4 Å². The highest BCUT2D eigenvalue weighted by atomic mass is 16.5. The molecule has 176 valence electrons. The first-order valence-electron chi connectivity index (χ1n) is 11.7. The zero-order chi connectivity index (χ0) is 22.8. The van der Waals surface area contributed by atoms with Gasteiger partial charge in [-0.2, -0.15) is 0 Å². The maximum atomic E-state index is 10.5. The molecule has 3 rings (SSSR count). The van der Waals surface area contributed by atoms with Crippen LogP contribution in [0.3, 0.4) is 0 Å². The number of rotatable bonds is 12. The van der Waals surface area contributed by atoms with Gasteiger partial charge in [0.05, 0.1) is 7.11 Å². The Morgan fingerprint density at radius 1 is 0.969 bits per heavy atom. The van der Waals surface area contributed by atoms with Crippen LogP contribution in [0.1, 0.15) is 24.5 Å². The maximum absolute atomic E-state index is 10.5. The second-order valence-electron chi connectivity index (χ2n) is 8.75. The van der Waals surface area contributed by atoms with E-state index in [1.807, 2.05) is 31.3 Å². The molecule has 0 aliphatic carbocycles. The molecule has 1 fully saturated rings. The molecule has 32 heavy (non-hydrogen) atoms. The Morgan fingerprint density at radius 3 is 2.38 bits per heavy atom. The highest BCUT2D eigenvalue weighted by Gasteiger charge is 2.17. The Labute approximate surface area is 193 Å². The van der Waals surface area contributed by atoms with Crippen molar-refractivity contribution in [2.75, 3.05) is 60.0 Å². The summed E-state index contributed by atoms with van der Waals surface area (Å²) in [5.41, 5.74) is 2.44. The summed E-state index contributed by atoms with van der Waals surface area (Å²) in [6.07, 6.45) is 0.635. The fourth-order valence-electron chi connectivity index (χ4n) is 4.24. The van der Waals surface area contributed by atoms with Gasteiger partial charge in [0.2, 0.25) is 0 Å². The van der Waals surface area contributed by atoms with Crippen molar-refractivity contribution in [1.29, 1.82) is 0 Å². The number of methoxy groups -OCH3 is 1. The number of ether oxygens (including phenoxy) is 2. The first-order chi connectivity index (χ1) is 15.6. The van der Waals surface area contributed by atoms with Crippen LogP contribution in [0.5, 0.6) is 11.5 Å². The van der Waals surface area contributed by atoms with Gasteiger partial charge in [0.15, 0.2) is 11.5 Å². The molecule has 0 bridgehead atoms. The fraction of sp³-hybridized carbons (Fsp3) is 0.538. The normalized spacial score (nSPS) is 16.3. The van der Waals surface area contributed by atoms with E-state index >= 15 is 0 Å². The minimum Gasteiger partial charge on any atom is -0.493 e. The lowest BCUT2D eigenvalue weighted by Gasteiger charge is -2.34. The van der Waals surface area contributed by atoms with Crippen molar-refractivity contribution in [3.8, 4) is 11.5 Å². The number of aliphatic hydroxyl groups is 1. The fourth-order valence-corrected chi connectivity index (χ4v) is 4.24. The van der Waals surface area contributed by atoms with Gasteiger partial charge in [-0.05, 0) is 43.3 Å². The highest BCUT2D eigenvalue weighted by Crippen LogP contribution is 2.29. The maximum Gasteiger partial charge on any atom is 0.161 e. The zero-order valence-electron chi connectivity index (χ0n) is 19.9. The summed E-state index contributed by atoms with van der Waals surface area (Å²) in [5.74, 6) is 1.39. The Bertz CT molecular complexity index is 794. The monoisotopic (exact) mass is 441 g/mol. The molecular formula is C26H39N3O3. The molecule has 1 unspecified atom stereocenters. The molecule has 0 spiro atoms. The molecule has 2 aromatic carbocycles. The quantitative estimate of drug-likeness (QED) is 0.546. The summed E-state index contributed by atoms with van der Waals surface area (Å²) in [7, 11) is 3.66. The molecule has 0 saturated carbocycles. The number of hydrogen-bond donors (Lipinski definition) is 1. The lowest BCUT2D eigenvalue weighted by Crippen LogP contribution is -2.45. The predicted octanol–water partition coefficient (Wildman–Crippen LogP) is 3.09. The zero-order valence-corrected chi connectivity index (χ0v) is 19.9. The largest absolute Gasteiger partial charge is 0.493 e. The van der Waals surface area contributed by atoms with Gasteiger partial charge in [0, 0.05) is 45.8 Å².